The summed E-state index contributed by atoms with van der Waals surface area (Å²) >= 11 is 0. The highest BCUT2D eigenvalue weighted by molar-refractivity contribution is 7.92. The molecule has 1 aromatic carbocycles. The lowest BCUT2D eigenvalue weighted by atomic mass is 10.2. The number of anilines is 2. The average molecular weight is 281 g/mol. The van der Waals surface area contributed by atoms with E-state index in [0.717, 1.165) is 6.07 Å². The maximum atomic E-state index is 13.1. The molecule has 0 fully saturated rings. The fourth-order valence-corrected chi connectivity index (χ4v) is 2.79. The van der Waals surface area contributed by atoms with Gasteiger partial charge in [-0.05, 0) is 36.8 Å². The first kappa shape index (κ1) is 13.3. The van der Waals surface area contributed by atoms with Crippen LogP contribution in [0.4, 0.5) is 15.9 Å². The third-order valence-corrected chi connectivity index (χ3v) is 3.96. The minimum absolute atomic E-state index is 0.119. The van der Waals surface area contributed by atoms with Crippen LogP contribution < -0.4 is 10.5 Å². The Balaban J connectivity index is 2.37. The predicted molar refractivity (Wildman–Crippen MR) is 70.6 cm³/mol. The van der Waals surface area contributed by atoms with Crippen molar-refractivity contribution in [1.82, 2.24) is 4.98 Å². The van der Waals surface area contributed by atoms with Crippen molar-refractivity contribution in [3.05, 3.63) is 47.9 Å². The van der Waals surface area contributed by atoms with E-state index in [1.54, 1.807) is 6.92 Å². The Labute approximate surface area is 110 Å². The number of nitrogens with one attached hydrogen (secondary N) is 1. The molecule has 100 valence electrons. The Hall–Kier alpha value is -2.15. The van der Waals surface area contributed by atoms with Crippen LogP contribution in [0.15, 0.2) is 41.4 Å². The molecular weight excluding hydrogens is 269 g/mol. The molecule has 0 unspecified atom stereocenters. The molecule has 5 nitrogen and oxygen atoms in total. The molecule has 0 amide bonds. The number of nitrogen functional groups attached to an aromatic ring is 1. The molecule has 2 rings (SSSR count). The standard InChI is InChI=1S/C12H12FN3O2S/c1-8-2-3-9(13)6-11(8)19(17,18)16-12-5-4-10(14)7-15-12/h2-7H,14H2,1H3,(H,15,16). The van der Waals surface area contributed by atoms with E-state index in [0.29, 0.717) is 11.3 Å². The van der Waals surface area contributed by atoms with Crippen LogP contribution in [-0.4, -0.2) is 13.4 Å². The van der Waals surface area contributed by atoms with Gasteiger partial charge in [0.15, 0.2) is 0 Å². The molecule has 19 heavy (non-hydrogen) atoms. The highest BCUT2D eigenvalue weighted by atomic mass is 32.2. The van der Waals surface area contributed by atoms with Crippen LogP contribution in [0, 0.1) is 12.7 Å². The maximum absolute atomic E-state index is 13.1. The van der Waals surface area contributed by atoms with Crippen molar-refractivity contribution in [2.45, 2.75) is 11.8 Å². The number of pyridine rings is 1. The number of benzene rings is 1. The molecule has 0 aliphatic heterocycles. The number of nitrogens with two attached hydrogens (primary N) is 1. The SMILES string of the molecule is Cc1ccc(F)cc1S(=O)(=O)Nc1ccc(N)cn1. The summed E-state index contributed by atoms with van der Waals surface area (Å²) in [6.07, 6.45) is 1.33. The molecule has 0 aliphatic rings. The van der Waals surface area contributed by atoms with Crippen LogP contribution in [0.2, 0.25) is 0 Å². The van der Waals surface area contributed by atoms with Gasteiger partial charge in [-0.2, -0.15) is 0 Å². The van der Waals surface area contributed by atoms with Crippen LogP contribution in [-0.2, 0) is 10.0 Å². The number of hydrogen-bond acceptors (Lipinski definition) is 4. The fourth-order valence-electron chi connectivity index (χ4n) is 1.52. The number of nitrogens with zero attached hydrogens (tertiary/aromatic N) is 1. The van der Waals surface area contributed by atoms with Gasteiger partial charge >= 0.3 is 0 Å². The molecule has 7 heteroatoms. The summed E-state index contributed by atoms with van der Waals surface area (Å²) in [6.45, 7) is 1.59. The normalized spacial score (nSPS) is 11.3. The zero-order valence-corrected chi connectivity index (χ0v) is 10.9. The Kier molecular flexibility index (Phi) is 3.39. The van der Waals surface area contributed by atoms with Crippen LogP contribution in [0.5, 0.6) is 0 Å². The molecule has 2 aromatic rings. The van der Waals surface area contributed by atoms with E-state index >= 15 is 0 Å². The molecule has 1 heterocycles. The number of rotatable bonds is 3. The van der Waals surface area contributed by atoms with Gasteiger partial charge in [0.05, 0.1) is 16.8 Å². The first-order chi connectivity index (χ1) is 8.88. The lowest BCUT2D eigenvalue weighted by Gasteiger charge is -2.09. The van der Waals surface area contributed by atoms with E-state index in [-0.39, 0.29) is 10.7 Å². The summed E-state index contributed by atoms with van der Waals surface area (Å²) in [4.78, 5) is 3.71. The number of aromatic nitrogens is 1. The maximum Gasteiger partial charge on any atom is 0.263 e. The average Bonchev–Trinajstić information content (AvgIpc) is 2.35. The van der Waals surface area contributed by atoms with Gasteiger partial charge in [-0.3, -0.25) is 4.72 Å². The largest absolute Gasteiger partial charge is 0.397 e. The molecule has 0 saturated carbocycles. The van der Waals surface area contributed by atoms with Crippen molar-refractivity contribution in [2.75, 3.05) is 10.5 Å². The molecule has 0 saturated heterocycles. The summed E-state index contributed by atoms with van der Waals surface area (Å²) in [5.41, 5.74) is 6.33. The lowest BCUT2D eigenvalue weighted by Crippen LogP contribution is -2.15. The van der Waals surface area contributed by atoms with E-state index in [1.165, 1.54) is 30.5 Å². The molecule has 0 bridgehead atoms. The molecule has 0 atom stereocenters. The van der Waals surface area contributed by atoms with Crippen LogP contribution in [0.1, 0.15) is 5.56 Å². The van der Waals surface area contributed by atoms with Crippen molar-refractivity contribution in [1.29, 1.82) is 0 Å². The van der Waals surface area contributed by atoms with Crippen LogP contribution >= 0.6 is 0 Å². The van der Waals surface area contributed by atoms with E-state index in [2.05, 4.69) is 9.71 Å². The molecular formula is C12H12FN3O2S. The predicted octanol–water partition coefficient (Wildman–Crippen LogP) is 1.91. The molecule has 1 aromatic heterocycles. The van der Waals surface area contributed by atoms with Gasteiger partial charge in [-0.25, -0.2) is 17.8 Å². The summed E-state index contributed by atoms with van der Waals surface area (Å²) in [5, 5.41) is 0. The second kappa shape index (κ2) is 4.85. The number of hydrogen-bond donors (Lipinski definition) is 2. The van der Waals surface area contributed by atoms with E-state index in [4.69, 9.17) is 5.73 Å². The third-order valence-electron chi connectivity index (χ3n) is 2.47. The first-order valence-corrected chi connectivity index (χ1v) is 6.87. The number of sulfonamides is 1. The smallest absolute Gasteiger partial charge is 0.263 e. The zero-order valence-electron chi connectivity index (χ0n) is 10.1. The molecule has 0 radical (unpaired) electrons. The van der Waals surface area contributed by atoms with Gasteiger partial charge < -0.3 is 5.73 Å². The lowest BCUT2D eigenvalue weighted by molar-refractivity contribution is 0.594. The summed E-state index contributed by atoms with van der Waals surface area (Å²) in [5.74, 6) is -0.492. The van der Waals surface area contributed by atoms with Gasteiger partial charge in [0, 0.05) is 0 Å². The topological polar surface area (TPSA) is 85.1 Å². The Bertz CT molecular complexity index is 699. The Morgan fingerprint density at radius 2 is 2.00 bits per heavy atom. The van der Waals surface area contributed by atoms with Crippen molar-refractivity contribution < 1.29 is 12.8 Å². The zero-order chi connectivity index (χ0) is 14.0. The Morgan fingerprint density at radius 3 is 2.63 bits per heavy atom. The summed E-state index contributed by atoms with van der Waals surface area (Å²) in [7, 11) is -3.87. The first-order valence-electron chi connectivity index (χ1n) is 5.39. The van der Waals surface area contributed by atoms with Gasteiger partial charge in [-0.1, -0.05) is 6.07 Å². The van der Waals surface area contributed by atoms with Gasteiger partial charge in [-0.15, -0.1) is 0 Å². The van der Waals surface area contributed by atoms with Crippen molar-refractivity contribution in [3.8, 4) is 0 Å². The number of halogens is 1. The van der Waals surface area contributed by atoms with Gasteiger partial charge in [0.25, 0.3) is 10.0 Å². The molecule has 3 N–H and O–H groups in total. The van der Waals surface area contributed by atoms with Crippen molar-refractivity contribution in [2.24, 2.45) is 0 Å². The third kappa shape index (κ3) is 3.00. The highest BCUT2D eigenvalue weighted by Gasteiger charge is 2.18. The minimum Gasteiger partial charge on any atom is -0.397 e. The fraction of sp³-hybridized carbons (Fsp3) is 0.0833. The van der Waals surface area contributed by atoms with E-state index in [9.17, 15) is 12.8 Å². The quantitative estimate of drug-likeness (QED) is 0.900. The monoisotopic (exact) mass is 281 g/mol. The van der Waals surface area contributed by atoms with Crippen molar-refractivity contribution in [3.63, 3.8) is 0 Å². The van der Waals surface area contributed by atoms with Crippen LogP contribution in [0.25, 0.3) is 0 Å². The van der Waals surface area contributed by atoms with E-state index in [1.807, 2.05) is 0 Å². The van der Waals surface area contributed by atoms with Crippen molar-refractivity contribution >= 4 is 21.5 Å². The summed E-state index contributed by atoms with van der Waals surface area (Å²) < 4.78 is 39.6. The van der Waals surface area contributed by atoms with Gasteiger partial charge in [0.1, 0.15) is 11.6 Å². The summed E-state index contributed by atoms with van der Waals surface area (Å²) in [6, 6.07) is 6.52. The molecule has 0 aliphatic carbocycles. The van der Waals surface area contributed by atoms with E-state index < -0.39 is 15.8 Å². The second-order valence-electron chi connectivity index (χ2n) is 3.99. The van der Waals surface area contributed by atoms with Crippen LogP contribution in [0.3, 0.4) is 0 Å². The number of aryl methyl sites for hydroxylation is 1. The second-order valence-corrected chi connectivity index (χ2v) is 5.64. The van der Waals surface area contributed by atoms with Gasteiger partial charge in [0.2, 0.25) is 0 Å². The minimum atomic E-state index is -3.87. The highest BCUT2D eigenvalue weighted by Crippen LogP contribution is 2.19. The Morgan fingerprint density at radius 1 is 1.26 bits per heavy atom. The molecule has 0 spiro atoms.